The molecule has 1 heterocycles. The number of ether oxygens (including phenoxy) is 2. The highest BCUT2D eigenvalue weighted by molar-refractivity contribution is 6.35. The molecule has 10 heteroatoms. The predicted molar refractivity (Wildman–Crippen MR) is 164 cm³/mol. The van der Waals surface area contributed by atoms with E-state index in [9.17, 15) is 14.4 Å². The molecule has 2 amide bonds. The third kappa shape index (κ3) is 9.09. The van der Waals surface area contributed by atoms with E-state index >= 15 is 0 Å². The second-order valence-electron chi connectivity index (χ2n) is 12.1. The topological polar surface area (TPSA) is 88.2 Å². The standard InChI is InChI=1S/C32H41Cl2N3O5/c1-32(2,3)42-31(40)35-27(19-23-13-14-25(33)20-26(23)34)29(38)37-17-15-36(16-18-37)28-12-8-7-11-24(28)21-41-30(39)22-9-5-4-6-10-22/h4-6,9-10,13-14,20,24,27-28H,7-8,11-12,15-19,21H2,1-3H3,(H,35,40)/t24-,27?,28+/m0/s1. The SMILES string of the molecule is CC(C)(C)OC(=O)NC(Cc1ccc(Cl)cc1Cl)C(=O)N1CCN([C@@H]2CCCC[C@H]2COC(=O)c2ccccc2)CC1. The summed E-state index contributed by atoms with van der Waals surface area (Å²) in [6.07, 6.45) is 3.87. The highest BCUT2D eigenvalue weighted by atomic mass is 35.5. The zero-order chi connectivity index (χ0) is 30.3. The Morgan fingerprint density at radius 3 is 2.33 bits per heavy atom. The van der Waals surface area contributed by atoms with Crippen LogP contribution in [0.1, 0.15) is 62.4 Å². The molecule has 1 aliphatic heterocycles. The maximum absolute atomic E-state index is 13.8. The second-order valence-corrected chi connectivity index (χ2v) is 12.9. The zero-order valence-corrected chi connectivity index (χ0v) is 26.1. The van der Waals surface area contributed by atoms with Gasteiger partial charge in [-0.1, -0.05) is 60.3 Å². The van der Waals surface area contributed by atoms with Crippen molar-refractivity contribution in [3.63, 3.8) is 0 Å². The molecule has 1 unspecified atom stereocenters. The Labute approximate surface area is 258 Å². The van der Waals surface area contributed by atoms with Crippen LogP contribution in [-0.2, 0) is 20.7 Å². The van der Waals surface area contributed by atoms with Gasteiger partial charge in [-0.25, -0.2) is 9.59 Å². The molecule has 42 heavy (non-hydrogen) atoms. The minimum atomic E-state index is -0.843. The van der Waals surface area contributed by atoms with Gasteiger partial charge < -0.3 is 19.7 Å². The van der Waals surface area contributed by atoms with Gasteiger partial charge >= 0.3 is 12.1 Å². The molecule has 8 nitrogen and oxygen atoms in total. The van der Waals surface area contributed by atoms with Crippen LogP contribution in [0.5, 0.6) is 0 Å². The van der Waals surface area contributed by atoms with Crippen LogP contribution >= 0.6 is 23.2 Å². The molecular formula is C32H41Cl2N3O5. The van der Waals surface area contributed by atoms with Crippen molar-refractivity contribution in [2.75, 3.05) is 32.8 Å². The van der Waals surface area contributed by atoms with Crippen molar-refractivity contribution in [3.05, 3.63) is 69.7 Å². The third-order valence-electron chi connectivity index (χ3n) is 7.83. The Balaban J connectivity index is 1.38. The number of rotatable bonds is 8. The van der Waals surface area contributed by atoms with Gasteiger partial charge in [0.15, 0.2) is 0 Å². The normalized spacial score (nSPS) is 20.5. The van der Waals surface area contributed by atoms with Crippen LogP contribution in [0.4, 0.5) is 4.79 Å². The summed E-state index contributed by atoms with van der Waals surface area (Å²) in [5.74, 6) is -0.217. The van der Waals surface area contributed by atoms with Crippen LogP contribution in [0.3, 0.4) is 0 Å². The molecule has 0 bridgehead atoms. The number of halogens is 2. The van der Waals surface area contributed by atoms with Crippen LogP contribution in [0.15, 0.2) is 48.5 Å². The molecular weight excluding hydrogens is 577 g/mol. The van der Waals surface area contributed by atoms with E-state index in [0.29, 0.717) is 60.0 Å². The maximum atomic E-state index is 13.8. The number of carbonyl (C=O) groups is 3. The van der Waals surface area contributed by atoms with Gasteiger partial charge in [-0.3, -0.25) is 9.69 Å². The number of amides is 2. The first-order valence-electron chi connectivity index (χ1n) is 14.7. The molecule has 2 aromatic rings. The Kier molecular flexibility index (Phi) is 11.1. The van der Waals surface area contributed by atoms with Crippen molar-refractivity contribution in [2.24, 2.45) is 5.92 Å². The van der Waals surface area contributed by atoms with Crippen LogP contribution in [0.2, 0.25) is 10.0 Å². The smallest absolute Gasteiger partial charge is 0.408 e. The number of piperazine rings is 1. The number of benzene rings is 2. The molecule has 0 spiro atoms. The summed E-state index contributed by atoms with van der Waals surface area (Å²) in [7, 11) is 0. The molecule has 0 aromatic heterocycles. The maximum Gasteiger partial charge on any atom is 0.408 e. The second kappa shape index (κ2) is 14.6. The minimum Gasteiger partial charge on any atom is -0.462 e. The fourth-order valence-corrected chi connectivity index (χ4v) is 6.24. The van der Waals surface area contributed by atoms with Gasteiger partial charge in [0.1, 0.15) is 11.6 Å². The largest absolute Gasteiger partial charge is 0.462 e. The van der Waals surface area contributed by atoms with E-state index in [1.807, 2.05) is 18.2 Å². The summed E-state index contributed by atoms with van der Waals surface area (Å²) in [6.45, 7) is 8.21. The van der Waals surface area contributed by atoms with Crippen molar-refractivity contribution < 1.29 is 23.9 Å². The molecule has 1 N–H and O–H groups in total. The Bertz CT molecular complexity index is 1230. The first-order chi connectivity index (χ1) is 20.0. The number of hydrogen-bond acceptors (Lipinski definition) is 6. The van der Waals surface area contributed by atoms with Gasteiger partial charge in [-0.05, 0) is 63.4 Å². The third-order valence-corrected chi connectivity index (χ3v) is 8.42. The van der Waals surface area contributed by atoms with E-state index < -0.39 is 17.7 Å². The van der Waals surface area contributed by atoms with E-state index in [1.165, 1.54) is 0 Å². The number of hydrogen-bond donors (Lipinski definition) is 1. The van der Waals surface area contributed by atoms with E-state index in [2.05, 4.69) is 10.2 Å². The summed E-state index contributed by atoms with van der Waals surface area (Å²) in [5, 5.41) is 3.71. The monoisotopic (exact) mass is 617 g/mol. The lowest BCUT2D eigenvalue weighted by molar-refractivity contribution is -0.136. The van der Waals surface area contributed by atoms with Gasteiger partial charge in [0.25, 0.3) is 0 Å². The molecule has 4 rings (SSSR count). The van der Waals surface area contributed by atoms with Gasteiger partial charge in [0.05, 0.1) is 12.2 Å². The van der Waals surface area contributed by atoms with E-state index in [1.54, 1.807) is 56.0 Å². The van der Waals surface area contributed by atoms with Gasteiger partial charge in [-0.2, -0.15) is 0 Å². The molecule has 0 radical (unpaired) electrons. The lowest BCUT2D eigenvalue weighted by Crippen LogP contribution is -2.58. The van der Waals surface area contributed by atoms with Crippen LogP contribution < -0.4 is 5.32 Å². The highest BCUT2D eigenvalue weighted by Crippen LogP contribution is 2.30. The van der Waals surface area contributed by atoms with Crippen molar-refractivity contribution in [2.45, 2.75) is 70.6 Å². The van der Waals surface area contributed by atoms with E-state index in [-0.39, 0.29) is 24.2 Å². The Morgan fingerprint density at radius 1 is 0.976 bits per heavy atom. The number of nitrogens with zero attached hydrogens (tertiary/aromatic N) is 2. The van der Waals surface area contributed by atoms with Crippen molar-refractivity contribution in [1.29, 1.82) is 0 Å². The Hall–Kier alpha value is -2.81. The summed E-state index contributed by atoms with van der Waals surface area (Å²) in [4.78, 5) is 43.2. The molecule has 1 saturated heterocycles. The summed E-state index contributed by atoms with van der Waals surface area (Å²) < 4.78 is 11.2. The molecule has 228 valence electrons. The zero-order valence-electron chi connectivity index (χ0n) is 24.6. The van der Waals surface area contributed by atoms with Crippen LogP contribution in [-0.4, -0.2) is 78.2 Å². The number of alkyl carbamates (subject to hydrolysis) is 1. The number of carbonyl (C=O) groups excluding carboxylic acids is 3. The quantitative estimate of drug-likeness (QED) is 0.366. The van der Waals surface area contributed by atoms with Crippen LogP contribution in [0, 0.1) is 5.92 Å². The molecule has 2 fully saturated rings. The fraction of sp³-hybridized carbons (Fsp3) is 0.531. The first-order valence-corrected chi connectivity index (χ1v) is 15.4. The van der Waals surface area contributed by atoms with Crippen LogP contribution in [0.25, 0.3) is 0 Å². The van der Waals surface area contributed by atoms with Crippen molar-refractivity contribution in [1.82, 2.24) is 15.1 Å². The van der Waals surface area contributed by atoms with Gasteiger partial charge in [0.2, 0.25) is 5.91 Å². The lowest BCUT2D eigenvalue weighted by atomic mass is 9.83. The minimum absolute atomic E-state index is 0.177. The predicted octanol–water partition coefficient (Wildman–Crippen LogP) is 5.99. The molecule has 1 saturated carbocycles. The van der Waals surface area contributed by atoms with Gasteiger partial charge in [0, 0.05) is 54.6 Å². The summed E-state index contributed by atoms with van der Waals surface area (Å²) in [6, 6.07) is 13.6. The molecule has 3 atom stereocenters. The summed E-state index contributed by atoms with van der Waals surface area (Å²) in [5.41, 5.74) is 0.573. The average Bonchev–Trinajstić information content (AvgIpc) is 2.96. The fourth-order valence-electron chi connectivity index (χ4n) is 5.75. The number of esters is 1. The van der Waals surface area contributed by atoms with E-state index in [0.717, 1.165) is 25.7 Å². The average molecular weight is 619 g/mol. The van der Waals surface area contributed by atoms with Crippen molar-refractivity contribution in [3.8, 4) is 0 Å². The highest BCUT2D eigenvalue weighted by Gasteiger charge is 2.36. The molecule has 2 aromatic carbocycles. The van der Waals surface area contributed by atoms with Crippen molar-refractivity contribution >= 4 is 41.2 Å². The first kappa shape index (κ1) is 32.1. The number of nitrogens with one attached hydrogen (secondary N) is 1. The lowest BCUT2D eigenvalue weighted by Gasteiger charge is -2.44. The van der Waals surface area contributed by atoms with E-state index in [4.69, 9.17) is 32.7 Å². The van der Waals surface area contributed by atoms with Gasteiger partial charge in [-0.15, -0.1) is 0 Å². The Morgan fingerprint density at radius 2 is 1.67 bits per heavy atom. The summed E-state index contributed by atoms with van der Waals surface area (Å²) >= 11 is 12.5. The molecule has 1 aliphatic carbocycles. The molecule has 2 aliphatic rings.